The van der Waals surface area contributed by atoms with Crippen molar-refractivity contribution in [2.24, 2.45) is 0 Å². The van der Waals surface area contributed by atoms with Gasteiger partial charge in [-0.1, -0.05) is 30.3 Å². The summed E-state index contributed by atoms with van der Waals surface area (Å²) in [6, 6.07) is 12.9. The monoisotopic (exact) mass is 541 g/mol. The number of pyridine rings is 3. The molecule has 0 saturated heterocycles. The minimum absolute atomic E-state index is 0.0485. The van der Waals surface area contributed by atoms with Crippen molar-refractivity contribution in [1.82, 2.24) is 20.3 Å². The summed E-state index contributed by atoms with van der Waals surface area (Å²) in [5.74, 6) is -2.23. The first kappa shape index (κ1) is 24.9. The van der Waals surface area contributed by atoms with Crippen LogP contribution in [-0.4, -0.2) is 20.9 Å². The number of nitrogens with zero attached hydrogens (tertiary/aromatic N) is 3. The number of hydrogen-bond acceptors (Lipinski definition) is 5. The Morgan fingerprint density at radius 3 is 2.70 bits per heavy atom. The lowest BCUT2D eigenvalue weighted by molar-refractivity contribution is -0.120. The standard InChI is InChI=1S/C31H26F3N5O/c32-23-7-1-4-19(27(23)34)20-8-9-24(28-21(26(20)33)5-2-10-35-28)37-15-17-12-18-13-31(14-25(18)38-16-17)22-6-3-11-36-29(22)39-30(31)40/h1-7,10-12,16,20,24,26,37H,8-9,13-15H2,(H,36,39,40). The van der Waals surface area contributed by atoms with Crippen LogP contribution in [0.15, 0.2) is 67.1 Å². The zero-order chi connectivity index (χ0) is 27.4. The number of hydrogen-bond donors (Lipinski definition) is 2. The molecule has 1 aliphatic heterocycles. The first-order chi connectivity index (χ1) is 19.4. The zero-order valence-corrected chi connectivity index (χ0v) is 21.5. The Morgan fingerprint density at radius 2 is 1.80 bits per heavy atom. The van der Waals surface area contributed by atoms with Gasteiger partial charge >= 0.3 is 0 Å². The molecule has 9 heteroatoms. The van der Waals surface area contributed by atoms with E-state index in [4.69, 9.17) is 4.98 Å². The average molecular weight is 542 g/mol. The van der Waals surface area contributed by atoms with E-state index in [1.54, 1.807) is 30.7 Å². The number of amides is 1. The molecule has 0 radical (unpaired) electrons. The second-order valence-electron chi connectivity index (χ2n) is 10.9. The molecule has 1 spiro atoms. The first-order valence-corrected chi connectivity index (χ1v) is 13.4. The van der Waals surface area contributed by atoms with E-state index in [-0.39, 0.29) is 17.5 Å². The molecule has 40 heavy (non-hydrogen) atoms. The maximum Gasteiger partial charge on any atom is 0.237 e. The van der Waals surface area contributed by atoms with Gasteiger partial charge in [0.2, 0.25) is 5.91 Å². The van der Waals surface area contributed by atoms with Crippen LogP contribution >= 0.6 is 0 Å². The van der Waals surface area contributed by atoms with Crippen LogP contribution in [0.5, 0.6) is 0 Å². The van der Waals surface area contributed by atoms with E-state index in [0.29, 0.717) is 49.3 Å². The Labute approximate surface area is 229 Å². The number of halogens is 3. The molecule has 4 aromatic rings. The average Bonchev–Trinajstić information content (AvgIpc) is 3.44. The number of alkyl halides is 1. The molecule has 0 bridgehead atoms. The highest BCUT2D eigenvalue weighted by Gasteiger charge is 2.51. The lowest BCUT2D eigenvalue weighted by atomic mass is 9.80. The number of rotatable bonds is 4. The molecule has 3 aromatic heterocycles. The zero-order valence-electron chi connectivity index (χ0n) is 21.5. The molecule has 7 rings (SSSR count). The highest BCUT2D eigenvalue weighted by molar-refractivity contribution is 6.06. The molecule has 6 nitrogen and oxygen atoms in total. The number of anilines is 1. The molecular formula is C31H26F3N5O. The second-order valence-corrected chi connectivity index (χ2v) is 10.9. The van der Waals surface area contributed by atoms with E-state index in [1.807, 2.05) is 12.1 Å². The van der Waals surface area contributed by atoms with Gasteiger partial charge in [0.15, 0.2) is 11.6 Å². The molecule has 3 aliphatic rings. The van der Waals surface area contributed by atoms with Gasteiger partial charge in [-0.15, -0.1) is 0 Å². The molecule has 2 aliphatic carbocycles. The van der Waals surface area contributed by atoms with Crippen LogP contribution in [0, 0.1) is 11.6 Å². The molecule has 4 atom stereocenters. The number of nitrogens with one attached hydrogen (secondary N) is 2. The quantitative estimate of drug-likeness (QED) is 0.331. The smallest absolute Gasteiger partial charge is 0.237 e. The van der Waals surface area contributed by atoms with Gasteiger partial charge < -0.3 is 10.6 Å². The summed E-state index contributed by atoms with van der Waals surface area (Å²) in [6.45, 7) is 0.453. The molecule has 4 unspecified atom stereocenters. The van der Waals surface area contributed by atoms with Gasteiger partial charge in [0.05, 0.1) is 17.2 Å². The van der Waals surface area contributed by atoms with E-state index in [0.717, 1.165) is 28.5 Å². The summed E-state index contributed by atoms with van der Waals surface area (Å²) in [7, 11) is 0. The third kappa shape index (κ3) is 3.91. The predicted molar refractivity (Wildman–Crippen MR) is 142 cm³/mol. The SMILES string of the molecule is O=C1Nc2ncccc2C12Cc1cc(CNC3CCC(c4cccc(F)c4F)C(F)c4cccnc43)cnc1C2. The predicted octanol–water partition coefficient (Wildman–Crippen LogP) is 5.56. The summed E-state index contributed by atoms with van der Waals surface area (Å²) in [4.78, 5) is 26.5. The fourth-order valence-electron chi connectivity index (χ4n) is 6.62. The van der Waals surface area contributed by atoms with Crippen LogP contribution in [0.3, 0.4) is 0 Å². The van der Waals surface area contributed by atoms with E-state index in [2.05, 4.69) is 26.7 Å². The molecule has 202 valence electrons. The normalized spacial score (nSPS) is 24.8. The van der Waals surface area contributed by atoms with Crippen LogP contribution in [0.4, 0.5) is 19.0 Å². The van der Waals surface area contributed by atoms with Gasteiger partial charge in [0.1, 0.15) is 12.0 Å². The highest BCUT2D eigenvalue weighted by atomic mass is 19.2. The lowest BCUT2D eigenvalue weighted by Gasteiger charge is -2.20. The lowest BCUT2D eigenvalue weighted by Crippen LogP contribution is -2.35. The molecular weight excluding hydrogens is 515 g/mol. The van der Waals surface area contributed by atoms with E-state index < -0.39 is 29.1 Å². The van der Waals surface area contributed by atoms with Crippen molar-refractivity contribution >= 4 is 11.7 Å². The maximum absolute atomic E-state index is 15.9. The molecule has 1 amide bonds. The summed E-state index contributed by atoms with van der Waals surface area (Å²) in [5.41, 5.74) is 4.09. The highest BCUT2D eigenvalue weighted by Crippen LogP contribution is 2.47. The summed E-state index contributed by atoms with van der Waals surface area (Å²) < 4.78 is 44.5. The Bertz CT molecular complexity index is 1650. The van der Waals surface area contributed by atoms with E-state index in [1.165, 1.54) is 12.1 Å². The van der Waals surface area contributed by atoms with Crippen LogP contribution < -0.4 is 10.6 Å². The van der Waals surface area contributed by atoms with Gasteiger partial charge in [0, 0.05) is 54.3 Å². The topological polar surface area (TPSA) is 79.8 Å². The van der Waals surface area contributed by atoms with Crippen LogP contribution in [0.1, 0.15) is 70.2 Å². The maximum atomic E-state index is 15.9. The van der Waals surface area contributed by atoms with Crippen molar-refractivity contribution < 1.29 is 18.0 Å². The van der Waals surface area contributed by atoms with Gasteiger partial charge in [-0.2, -0.15) is 0 Å². The van der Waals surface area contributed by atoms with Gasteiger partial charge in [-0.3, -0.25) is 14.8 Å². The third-order valence-electron chi connectivity index (χ3n) is 8.62. The van der Waals surface area contributed by atoms with Crippen molar-refractivity contribution in [3.63, 3.8) is 0 Å². The number of carbonyl (C=O) groups excluding carboxylic acids is 1. The van der Waals surface area contributed by atoms with Crippen molar-refractivity contribution in [2.45, 2.75) is 55.8 Å². The number of benzene rings is 1. The largest absolute Gasteiger partial charge is 0.310 e. The summed E-state index contributed by atoms with van der Waals surface area (Å²) >= 11 is 0. The third-order valence-corrected chi connectivity index (χ3v) is 8.62. The van der Waals surface area contributed by atoms with Gasteiger partial charge in [-0.05, 0) is 54.2 Å². The van der Waals surface area contributed by atoms with Crippen LogP contribution in [0.2, 0.25) is 0 Å². The molecule has 1 aromatic carbocycles. The molecule has 0 saturated carbocycles. The number of fused-ring (bicyclic) bond motifs is 4. The van der Waals surface area contributed by atoms with Crippen LogP contribution in [0.25, 0.3) is 0 Å². The number of carbonyl (C=O) groups is 1. The molecule has 4 heterocycles. The Kier molecular flexibility index (Phi) is 5.92. The van der Waals surface area contributed by atoms with Crippen molar-refractivity contribution in [1.29, 1.82) is 0 Å². The second kappa shape index (κ2) is 9.52. The summed E-state index contributed by atoms with van der Waals surface area (Å²) in [5, 5.41) is 6.42. The van der Waals surface area contributed by atoms with Crippen molar-refractivity contribution in [3.8, 4) is 0 Å². The first-order valence-electron chi connectivity index (χ1n) is 13.4. The summed E-state index contributed by atoms with van der Waals surface area (Å²) in [6.07, 6.45) is 5.48. The number of aromatic nitrogens is 3. The van der Waals surface area contributed by atoms with Crippen molar-refractivity contribution in [2.75, 3.05) is 5.32 Å². The molecule has 2 N–H and O–H groups in total. The Balaban J connectivity index is 1.12. The minimum Gasteiger partial charge on any atom is -0.310 e. The minimum atomic E-state index is -1.51. The van der Waals surface area contributed by atoms with Gasteiger partial charge in [0.25, 0.3) is 0 Å². The Hall–Kier alpha value is -4.11. The molecule has 0 fully saturated rings. The van der Waals surface area contributed by atoms with E-state index >= 15 is 4.39 Å². The fraction of sp³-hybridized carbons (Fsp3) is 0.290. The Morgan fingerprint density at radius 1 is 0.975 bits per heavy atom. The van der Waals surface area contributed by atoms with E-state index in [9.17, 15) is 13.6 Å². The fourth-order valence-corrected chi connectivity index (χ4v) is 6.62. The van der Waals surface area contributed by atoms with Gasteiger partial charge in [-0.25, -0.2) is 18.2 Å². The van der Waals surface area contributed by atoms with Crippen molar-refractivity contribution in [3.05, 3.63) is 118 Å². The van der Waals surface area contributed by atoms with Crippen LogP contribution in [-0.2, 0) is 29.6 Å².